The predicted molar refractivity (Wildman–Crippen MR) is 74.8 cm³/mol. The second-order valence-electron chi connectivity index (χ2n) is 5.17. The molecule has 1 aliphatic rings. The van der Waals surface area contributed by atoms with Gasteiger partial charge in [0.25, 0.3) is 11.6 Å². The smallest absolute Gasteiger partial charge is 0.300 e. The largest absolute Gasteiger partial charge is 0.351 e. The summed E-state index contributed by atoms with van der Waals surface area (Å²) in [7, 11) is 0. The molecule has 0 saturated heterocycles. The molecular formula is C13H16ClN3O3. The first-order chi connectivity index (χ1) is 9.47. The van der Waals surface area contributed by atoms with Gasteiger partial charge >= 0.3 is 0 Å². The molecule has 1 aromatic heterocycles. The van der Waals surface area contributed by atoms with Gasteiger partial charge in [-0.2, -0.15) is 0 Å². The van der Waals surface area contributed by atoms with Crippen LogP contribution in [0.4, 0.5) is 5.69 Å². The van der Waals surface area contributed by atoms with Crippen molar-refractivity contribution in [3.05, 3.63) is 33.1 Å². The Bertz CT molecular complexity index is 538. The molecule has 0 radical (unpaired) electrons. The predicted octanol–water partition coefficient (Wildman–Crippen LogP) is 2.95. The first-order valence-corrected chi connectivity index (χ1v) is 6.93. The highest BCUT2D eigenvalue weighted by atomic mass is 35.5. The molecular weight excluding hydrogens is 282 g/mol. The van der Waals surface area contributed by atoms with Gasteiger partial charge in [-0.15, -0.1) is 0 Å². The third-order valence-corrected chi connectivity index (χ3v) is 4.29. The average Bonchev–Trinajstić information content (AvgIpc) is 2.37. The molecule has 6 nitrogen and oxygen atoms in total. The number of pyridine rings is 1. The molecule has 0 bridgehead atoms. The van der Waals surface area contributed by atoms with Crippen molar-refractivity contribution in [2.75, 3.05) is 6.54 Å². The number of rotatable bonds is 5. The van der Waals surface area contributed by atoms with E-state index in [1.54, 1.807) is 0 Å². The number of carbonyl (C=O) groups excluding carboxylic acids is 1. The maximum absolute atomic E-state index is 12.1. The number of nitrogens with one attached hydrogen (secondary N) is 1. The molecule has 20 heavy (non-hydrogen) atoms. The minimum absolute atomic E-state index is 0.0411. The standard InChI is InChI=1S/C13H16ClN3O3/c1-2-13(4-3-5-13)8-16-12(18)9-6-11(14)15-7-10(9)17(19)20/h6-7H,2-5,8H2,1H3,(H,16,18). The number of halogens is 1. The van der Waals surface area contributed by atoms with E-state index < -0.39 is 10.8 Å². The Hall–Kier alpha value is -1.69. The molecule has 1 aromatic rings. The van der Waals surface area contributed by atoms with Crippen molar-refractivity contribution in [1.82, 2.24) is 10.3 Å². The summed E-state index contributed by atoms with van der Waals surface area (Å²) >= 11 is 5.71. The first kappa shape index (κ1) is 14.7. The van der Waals surface area contributed by atoms with Crippen molar-refractivity contribution in [2.45, 2.75) is 32.6 Å². The van der Waals surface area contributed by atoms with Gasteiger partial charge in [-0.3, -0.25) is 14.9 Å². The van der Waals surface area contributed by atoms with Crippen LogP contribution in [0.15, 0.2) is 12.3 Å². The van der Waals surface area contributed by atoms with E-state index in [1.165, 1.54) is 12.5 Å². The summed E-state index contributed by atoms with van der Waals surface area (Å²) in [4.78, 5) is 26.0. The van der Waals surface area contributed by atoms with Gasteiger partial charge in [-0.05, 0) is 30.7 Å². The lowest BCUT2D eigenvalue weighted by Crippen LogP contribution is -2.41. The van der Waals surface area contributed by atoms with E-state index in [0.29, 0.717) is 6.54 Å². The monoisotopic (exact) mass is 297 g/mol. The summed E-state index contributed by atoms with van der Waals surface area (Å²) in [5.41, 5.74) is -0.215. The fourth-order valence-electron chi connectivity index (χ4n) is 2.45. The van der Waals surface area contributed by atoms with Crippen LogP contribution in [0, 0.1) is 15.5 Å². The fourth-order valence-corrected chi connectivity index (χ4v) is 2.60. The van der Waals surface area contributed by atoms with Crippen molar-refractivity contribution >= 4 is 23.2 Å². The van der Waals surface area contributed by atoms with Gasteiger partial charge in [-0.25, -0.2) is 4.98 Å². The summed E-state index contributed by atoms with van der Waals surface area (Å²) in [6, 6.07) is 1.23. The van der Waals surface area contributed by atoms with Crippen LogP contribution in [0.2, 0.25) is 5.15 Å². The van der Waals surface area contributed by atoms with Crippen molar-refractivity contribution in [3.8, 4) is 0 Å². The van der Waals surface area contributed by atoms with Crippen LogP contribution in [-0.2, 0) is 0 Å². The van der Waals surface area contributed by atoms with Gasteiger partial charge in [-0.1, -0.05) is 24.9 Å². The Morgan fingerprint density at radius 3 is 2.80 bits per heavy atom. The zero-order valence-corrected chi connectivity index (χ0v) is 11.9. The van der Waals surface area contributed by atoms with Gasteiger partial charge in [0.15, 0.2) is 0 Å². The number of nitrogens with zero attached hydrogens (tertiary/aromatic N) is 2. The number of amides is 1. The van der Waals surface area contributed by atoms with Crippen LogP contribution in [0.1, 0.15) is 43.0 Å². The molecule has 0 atom stereocenters. The third-order valence-electron chi connectivity index (χ3n) is 4.08. The van der Waals surface area contributed by atoms with Gasteiger partial charge in [0.05, 0.1) is 4.92 Å². The molecule has 0 unspecified atom stereocenters. The lowest BCUT2D eigenvalue weighted by atomic mass is 9.67. The van der Waals surface area contributed by atoms with Crippen LogP contribution < -0.4 is 5.32 Å². The number of hydrogen-bond donors (Lipinski definition) is 1. The Labute approximate surface area is 121 Å². The first-order valence-electron chi connectivity index (χ1n) is 6.55. The topological polar surface area (TPSA) is 85.1 Å². The molecule has 1 saturated carbocycles. The molecule has 108 valence electrons. The van der Waals surface area contributed by atoms with Gasteiger partial charge < -0.3 is 5.32 Å². The van der Waals surface area contributed by atoms with Gasteiger partial charge in [0.1, 0.15) is 16.9 Å². The molecule has 0 aromatic carbocycles. The number of nitro groups is 1. The second-order valence-corrected chi connectivity index (χ2v) is 5.56. The highest BCUT2D eigenvalue weighted by Gasteiger charge is 2.35. The lowest BCUT2D eigenvalue weighted by molar-refractivity contribution is -0.385. The Kier molecular flexibility index (Phi) is 4.23. The van der Waals surface area contributed by atoms with E-state index in [4.69, 9.17) is 11.6 Å². The number of hydrogen-bond acceptors (Lipinski definition) is 4. The highest BCUT2D eigenvalue weighted by Crippen LogP contribution is 2.43. The molecule has 1 N–H and O–H groups in total. The van der Waals surface area contributed by atoms with E-state index in [1.807, 2.05) is 0 Å². The summed E-state index contributed by atoms with van der Waals surface area (Å²) in [6.45, 7) is 2.64. The van der Waals surface area contributed by atoms with Crippen LogP contribution in [0.3, 0.4) is 0 Å². The van der Waals surface area contributed by atoms with E-state index in [0.717, 1.165) is 25.5 Å². The Balaban J connectivity index is 2.12. The minimum Gasteiger partial charge on any atom is -0.351 e. The lowest BCUT2D eigenvalue weighted by Gasteiger charge is -2.41. The Morgan fingerprint density at radius 1 is 1.60 bits per heavy atom. The van der Waals surface area contributed by atoms with Crippen molar-refractivity contribution in [1.29, 1.82) is 0 Å². The SMILES string of the molecule is CCC1(CNC(=O)c2cc(Cl)ncc2[N+](=O)[O-])CCC1. The van der Waals surface area contributed by atoms with Crippen molar-refractivity contribution in [2.24, 2.45) is 5.41 Å². The van der Waals surface area contributed by atoms with Crippen LogP contribution >= 0.6 is 11.6 Å². The van der Waals surface area contributed by atoms with Crippen LogP contribution in [-0.4, -0.2) is 22.4 Å². The number of carbonyl (C=O) groups is 1. The zero-order chi connectivity index (χ0) is 14.8. The summed E-state index contributed by atoms with van der Waals surface area (Å²) < 4.78 is 0. The molecule has 0 spiro atoms. The van der Waals surface area contributed by atoms with E-state index in [9.17, 15) is 14.9 Å². The molecule has 1 aliphatic carbocycles. The van der Waals surface area contributed by atoms with Gasteiger partial charge in [0.2, 0.25) is 0 Å². The van der Waals surface area contributed by atoms with Crippen molar-refractivity contribution in [3.63, 3.8) is 0 Å². The third kappa shape index (κ3) is 2.90. The summed E-state index contributed by atoms with van der Waals surface area (Å²) in [5, 5.41) is 13.8. The van der Waals surface area contributed by atoms with Crippen molar-refractivity contribution < 1.29 is 9.72 Å². The summed E-state index contributed by atoms with van der Waals surface area (Å²) in [6.07, 6.45) is 5.35. The Morgan fingerprint density at radius 2 is 2.30 bits per heavy atom. The molecule has 1 amide bonds. The number of aromatic nitrogens is 1. The van der Waals surface area contributed by atoms with E-state index in [2.05, 4.69) is 17.2 Å². The molecule has 1 heterocycles. The maximum atomic E-state index is 12.1. The van der Waals surface area contributed by atoms with Gasteiger partial charge in [0, 0.05) is 6.54 Å². The molecule has 2 rings (SSSR count). The highest BCUT2D eigenvalue weighted by molar-refractivity contribution is 6.29. The molecule has 0 aliphatic heterocycles. The van der Waals surface area contributed by atoms with E-state index in [-0.39, 0.29) is 21.8 Å². The minimum atomic E-state index is -0.628. The summed E-state index contributed by atoms with van der Waals surface area (Å²) in [5.74, 6) is -0.472. The maximum Gasteiger partial charge on any atom is 0.300 e. The zero-order valence-electron chi connectivity index (χ0n) is 11.2. The van der Waals surface area contributed by atoms with Crippen LogP contribution in [0.25, 0.3) is 0 Å². The molecule has 7 heteroatoms. The quantitative estimate of drug-likeness (QED) is 0.514. The second kappa shape index (κ2) is 5.75. The fraction of sp³-hybridized carbons (Fsp3) is 0.538. The normalized spacial score (nSPS) is 16.3. The molecule has 1 fully saturated rings. The van der Waals surface area contributed by atoms with E-state index >= 15 is 0 Å². The van der Waals surface area contributed by atoms with Crippen LogP contribution in [0.5, 0.6) is 0 Å². The average molecular weight is 298 g/mol.